The highest BCUT2D eigenvalue weighted by molar-refractivity contribution is 6.31. The van der Waals surface area contributed by atoms with Crippen molar-refractivity contribution in [1.82, 2.24) is 19.2 Å². The number of carbonyl (C=O) groups is 2. The lowest BCUT2D eigenvalue weighted by atomic mass is 10.1. The van der Waals surface area contributed by atoms with E-state index in [-0.39, 0.29) is 23.8 Å². The molecule has 0 N–H and O–H groups in total. The molecule has 0 unspecified atom stereocenters. The number of carbonyl (C=O) groups excluding carboxylic acids is 2. The number of halogens is 2. The van der Waals surface area contributed by atoms with E-state index < -0.39 is 5.82 Å². The number of rotatable bonds is 4. The molecule has 1 fully saturated rings. The molecular weight excluding hydrogens is 395 g/mol. The molecule has 0 saturated carbocycles. The molecule has 8 heteroatoms. The first-order valence-electron chi connectivity index (χ1n) is 9.36. The number of aromatic nitrogens is 2. The van der Waals surface area contributed by atoms with Crippen LogP contribution in [0.3, 0.4) is 0 Å². The Balaban J connectivity index is 1.39. The minimum Gasteiger partial charge on any atom is -0.336 e. The molecule has 1 aliphatic rings. The van der Waals surface area contributed by atoms with E-state index in [2.05, 4.69) is 4.98 Å². The maximum Gasteiger partial charge on any atom is 0.257 e. The predicted octanol–water partition coefficient (Wildman–Crippen LogP) is 3.08. The van der Waals surface area contributed by atoms with E-state index in [4.69, 9.17) is 11.6 Å². The summed E-state index contributed by atoms with van der Waals surface area (Å²) in [5, 5.41) is 0.304. The topological polar surface area (TPSA) is 57.9 Å². The van der Waals surface area contributed by atoms with E-state index in [1.54, 1.807) is 30.3 Å². The van der Waals surface area contributed by atoms with Gasteiger partial charge >= 0.3 is 0 Å². The van der Waals surface area contributed by atoms with Crippen LogP contribution < -0.4 is 0 Å². The molecule has 0 spiro atoms. The molecule has 0 atom stereocenters. The highest BCUT2D eigenvalue weighted by atomic mass is 35.5. The fourth-order valence-corrected chi connectivity index (χ4v) is 3.70. The van der Waals surface area contributed by atoms with E-state index >= 15 is 0 Å². The van der Waals surface area contributed by atoms with Crippen molar-refractivity contribution in [3.8, 4) is 0 Å². The van der Waals surface area contributed by atoms with Crippen LogP contribution in [0.2, 0.25) is 5.02 Å². The third-order valence-electron chi connectivity index (χ3n) is 5.22. The van der Waals surface area contributed by atoms with Crippen LogP contribution in [0.4, 0.5) is 4.39 Å². The molecule has 3 aromatic rings. The van der Waals surface area contributed by atoms with Crippen molar-refractivity contribution < 1.29 is 14.0 Å². The molecule has 6 nitrogen and oxygen atoms in total. The fourth-order valence-electron chi connectivity index (χ4n) is 3.55. The van der Waals surface area contributed by atoms with Gasteiger partial charge in [0.2, 0.25) is 0 Å². The van der Waals surface area contributed by atoms with Crippen molar-refractivity contribution in [3.63, 3.8) is 0 Å². The van der Waals surface area contributed by atoms with Crippen LogP contribution in [0.15, 0.2) is 42.9 Å². The van der Waals surface area contributed by atoms with E-state index in [0.29, 0.717) is 48.0 Å². The molecular formula is C21H20ClFN4O2. The van der Waals surface area contributed by atoms with Crippen LogP contribution in [0.5, 0.6) is 0 Å². The average molecular weight is 415 g/mol. The Morgan fingerprint density at radius 1 is 1.14 bits per heavy atom. The summed E-state index contributed by atoms with van der Waals surface area (Å²) in [6, 6.07) is 6.26. The summed E-state index contributed by atoms with van der Waals surface area (Å²) < 4.78 is 15.9. The SMILES string of the molecule is Cc1cc(C(=O)CN2CCN(C(=O)c3cccn4ccnc34)CC2)c(F)cc1Cl. The van der Waals surface area contributed by atoms with Gasteiger partial charge in [0.15, 0.2) is 5.78 Å². The molecule has 0 radical (unpaired) electrons. The molecule has 0 aliphatic carbocycles. The van der Waals surface area contributed by atoms with Crippen molar-refractivity contribution in [2.75, 3.05) is 32.7 Å². The summed E-state index contributed by atoms with van der Waals surface area (Å²) in [4.78, 5) is 33.4. The highest BCUT2D eigenvalue weighted by Gasteiger charge is 2.26. The van der Waals surface area contributed by atoms with Gasteiger partial charge in [0.25, 0.3) is 5.91 Å². The van der Waals surface area contributed by atoms with Crippen LogP contribution >= 0.6 is 11.6 Å². The zero-order valence-electron chi connectivity index (χ0n) is 15.9. The molecule has 1 aliphatic heterocycles. The Kier molecular flexibility index (Phi) is 5.34. The number of hydrogen-bond donors (Lipinski definition) is 0. The van der Waals surface area contributed by atoms with Crippen LogP contribution in [0.1, 0.15) is 26.3 Å². The number of piperazine rings is 1. The Morgan fingerprint density at radius 3 is 2.66 bits per heavy atom. The second kappa shape index (κ2) is 7.93. The maximum absolute atomic E-state index is 14.1. The van der Waals surface area contributed by atoms with Gasteiger partial charge in [-0.3, -0.25) is 14.5 Å². The maximum atomic E-state index is 14.1. The second-order valence-corrected chi connectivity index (χ2v) is 7.56. The van der Waals surface area contributed by atoms with E-state index in [0.717, 1.165) is 0 Å². The smallest absolute Gasteiger partial charge is 0.257 e. The summed E-state index contributed by atoms with van der Waals surface area (Å²) in [5.74, 6) is -0.969. The average Bonchev–Trinajstić information content (AvgIpc) is 3.19. The van der Waals surface area contributed by atoms with Gasteiger partial charge in [-0.2, -0.15) is 0 Å². The van der Waals surface area contributed by atoms with Crippen molar-refractivity contribution in [1.29, 1.82) is 0 Å². The first-order valence-corrected chi connectivity index (χ1v) is 9.74. The minimum atomic E-state index is -0.604. The first kappa shape index (κ1) is 19.5. The molecule has 1 amide bonds. The molecule has 0 bridgehead atoms. The molecule has 29 heavy (non-hydrogen) atoms. The minimum absolute atomic E-state index is 0.0522. The lowest BCUT2D eigenvalue weighted by molar-refractivity contribution is 0.0625. The normalized spacial score (nSPS) is 15.1. The predicted molar refractivity (Wildman–Crippen MR) is 108 cm³/mol. The van der Waals surface area contributed by atoms with E-state index in [9.17, 15) is 14.0 Å². The summed E-state index contributed by atoms with van der Waals surface area (Å²) in [5.41, 5.74) is 1.90. The van der Waals surface area contributed by atoms with Gasteiger partial charge in [-0.05, 0) is 36.8 Å². The van der Waals surface area contributed by atoms with Gasteiger partial charge in [0.05, 0.1) is 17.7 Å². The van der Waals surface area contributed by atoms with Crippen molar-refractivity contribution in [2.45, 2.75) is 6.92 Å². The quantitative estimate of drug-likeness (QED) is 0.616. The van der Waals surface area contributed by atoms with Crippen LogP contribution in [-0.2, 0) is 0 Å². The van der Waals surface area contributed by atoms with Gasteiger partial charge < -0.3 is 9.30 Å². The Morgan fingerprint density at radius 2 is 1.90 bits per heavy atom. The highest BCUT2D eigenvalue weighted by Crippen LogP contribution is 2.21. The van der Waals surface area contributed by atoms with E-state index in [1.807, 2.05) is 21.6 Å². The number of hydrogen-bond acceptors (Lipinski definition) is 4. The van der Waals surface area contributed by atoms with Gasteiger partial charge in [-0.25, -0.2) is 9.37 Å². The standard InChI is InChI=1S/C21H20ClFN4O2/c1-14-11-16(18(23)12-17(14)22)19(28)13-25-7-9-27(10-8-25)21(29)15-3-2-5-26-6-4-24-20(15)26/h2-6,11-12H,7-10,13H2,1H3. The Hall–Kier alpha value is -2.77. The number of benzene rings is 1. The first-order chi connectivity index (χ1) is 13.9. The van der Waals surface area contributed by atoms with Gasteiger partial charge in [-0.15, -0.1) is 0 Å². The molecule has 4 rings (SSSR count). The lowest BCUT2D eigenvalue weighted by Crippen LogP contribution is -2.50. The van der Waals surface area contributed by atoms with Crippen molar-refractivity contribution in [3.05, 3.63) is 70.4 Å². The van der Waals surface area contributed by atoms with Crippen LogP contribution in [0.25, 0.3) is 5.65 Å². The number of amides is 1. The van der Waals surface area contributed by atoms with Gasteiger partial charge in [0.1, 0.15) is 11.5 Å². The van der Waals surface area contributed by atoms with Crippen LogP contribution in [-0.4, -0.2) is 63.6 Å². The van der Waals surface area contributed by atoms with Gasteiger partial charge in [0, 0.05) is 49.8 Å². The lowest BCUT2D eigenvalue weighted by Gasteiger charge is -2.34. The second-order valence-electron chi connectivity index (χ2n) is 7.15. The molecule has 2 aromatic heterocycles. The number of aryl methyl sites for hydroxylation is 1. The Labute approximate surface area is 172 Å². The zero-order valence-corrected chi connectivity index (χ0v) is 16.7. The largest absolute Gasteiger partial charge is 0.336 e. The number of ketones is 1. The number of Topliss-reactive ketones (excluding diaryl/α,β-unsaturated/α-hetero) is 1. The summed E-state index contributed by atoms with van der Waals surface area (Å²) in [7, 11) is 0. The summed E-state index contributed by atoms with van der Waals surface area (Å²) in [6.45, 7) is 3.93. The van der Waals surface area contributed by atoms with Gasteiger partial charge in [-0.1, -0.05) is 11.6 Å². The summed E-state index contributed by atoms with van der Waals surface area (Å²) >= 11 is 5.90. The summed E-state index contributed by atoms with van der Waals surface area (Å²) in [6.07, 6.45) is 5.31. The molecule has 1 aromatic carbocycles. The zero-order chi connectivity index (χ0) is 20.5. The van der Waals surface area contributed by atoms with Crippen LogP contribution in [0, 0.1) is 12.7 Å². The number of pyridine rings is 1. The number of fused-ring (bicyclic) bond motifs is 1. The number of nitrogens with zero attached hydrogens (tertiary/aromatic N) is 4. The Bertz CT molecular complexity index is 1090. The number of imidazole rings is 1. The van der Waals surface area contributed by atoms with Crippen molar-refractivity contribution in [2.24, 2.45) is 0 Å². The molecule has 3 heterocycles. The fraction of sp³-hybridized carbons (Fsp3) is 0.286. The molecule has 150 valence electrons. The molecule has 1 saturated heterocycles. The third-order valence-corrected chi connectivity index (χ3v) is 5.63. The third kappa shape index (κ3) is 3.88. The van der Waals surface area contributed by atoms with Crippen molar-refractivity contribution >= 4 is 28.9 Å². The van der Waals surface area contributed by atoms with E-state index in [1.165, 1.54) is 12.1 Å². The monoisotopic (exact) mass is 414 g/mol.